The summed E-state index contributed by atoms with van der Waals surface area (Å²) in [5.74, 6) is -0.685. The normalized spacial score (nSPS) is 11.3. The number of fused-ring (bicyclic) bond motifs is 1. The third-order valence-electron chi connectivity index (χ3n) is 7.17. The van der Waals surface area contributed by atoms with Crippen LogP contribution in [-0.2, 0) is 16.1 Å². The quantitative estimate of drug-likeness (QED) is 0.116. The van der Waals surface area contributed by atoms with Gasteiger partial charge in [-0.05, 0) is 53.4 Å². The van der Waals surface area contributed by atoms with Gasteiger partial charge in [0.1, 0.15) is 18.1 Å². The predicted octanol–water partition coefficient (Wildman–Crippen LogP) is 6.73. The summed E-state index contributed by atoms with van der Waals surface area (Å²) >= 11 is 0. The third-order valence-corrected chi connectivity index (χ3v) is 7.17. The van der Waals surface area contributed by atoms with Gasteiger partial charge in [0.05, 0.1) is 12.1 Å². The minimum atomic E-state index is -0.762. The Labute approximate surface area is 245 Å². The number of hydrogen-bond donors (Lipinski definition) is 1. The van der Waals surface area contributed by atoms with Gasteiger partial charge < -0.3 is 19.0 Å². The molecule has 0 atom stereocenters. The van der Waals surface area contributed by atoms with Gasteiger partial charge in [-0.15, -0.1) is 0 Å². The summed E-state index contributed by atoms with van der Waals surface area (Å²) in [4.78, 5) is 44.3. The summed E-state index contributed by atoms with van der Waals surface area (Å²) in [5, 5.41) is 2.75. The van der Waals surface area contributed by atoms with Crippen molar-refractivity contribution in [3.05, 3.63) is 114 Å². The lowest BCUT2D eigenvalue weighted by Gasteiger charge is -2.15. The molecule has 0 aliphatic heterocycles. The van der Waals surface area contributed by atoms with Crippen LogP contribution in [0.15, 0.2) is 91.4 Å². The van der Waals surface area contributed by atoms with Gasteiger partial charge in [-0.2, -0.15) is 0 Å². The van der Waals surface area contributed by atoms with Crippen molar-refractivity contribution in [3.8, 4) is 11.1 Å². The summed E-state index contributed by atoms with van der Waals surface area (Å²) in [7, 11) is 0. The molecule has 0 fully saturated rings. The Morgan fingerprint density at radius 3 is 2.38 bits per heavy atom. The molecular weight excluding hydrogens is 528 g/mol. The number of carbonyl (C=O) groups is 3. The molecule has 0 aliphatic rings. The van der Waals surface area contributed by atoms with Gasteiger partial charge in [0.15, 0.2) is 0 Å². The number of nitrogens with zero attached hydrogens (tertiary/aromatic N) is 3. The van der Waals surface area contributed by atoms with Gasteiger partial charge in [0.2, 0.25) is 0 Å². The van der Waals surface area contributed by atoms with Crippen molar-refractivity contribution in [2.45, 2.75) is 46.1 Å². The number of benzene rings is 2. The summed E-state index contributed by atoms with van der Waals surface area (Å²) in [6.07, 6.45) is 5.39. The summed E-state index contributed by atoms with van der Waals surface area (Å²) in [6, 6.07) is 22.0. The van der Waals surface area contributed by atoms with Crippen molar-refractivity contribution in [2.24, 2.45) is 0 Å². The number of ketones is 1. The highest BCUT2D eigenvalue weighted by molar-refractivity contribution is 6.47. The Morgan fingerprint density at radius 2 is 1.64 bits per heavy atom. The van der Waals surface area contributed by atoms with Crippen LogP contribution in [-0.4, -0.2) is 38.2 Å². The highest BCUT2D eigenvalue weighted by atomic mass is 16.5. The van der Waals surface area contributed by atoms with E-state index < -0.39 is 17.7 Å². The number of esters is 1. The molecule has 0 radical (unpaired) electrons. The molecule has 3 aromatic heterocycles. The topological polar surface area (TPSA) is 94.7 Å². The molecule has 0 unspecified atom stereocenters. The van der Waals surface area contributed by atoms with Crippen molar-refractivity contribution >= 4 is 28.9 Å². The van der Waals surface area contributed by atoms with Crippen molar-refractivity contribution in [3.63, 3.8) is 0 Å². The molecule has 0 spiro atoms. The van der Waals surface area contributed by atoms with E-state index in [0.717, 1.165) is 16.9 Å². The second-order valence-corrected chi connectivity index (χ2v) is 10.8. The number of nitrogens with one attached hydrogen (secondary N) is 1. The van der Waals surface area contributed by atoms with Crippen LogP contribution in [0.3, 0.4) is 0 Å². The van der Waals surface area contributed by atoms with E-state index >= 15 is 0 Å². The number of carbonyl (C=O) groups excluding carboxylic acids is 3. The van der Waals surface area contributed by atoms with Gasteiger partial charge in [-0.25, -0.2) is 9.78 Å². The standard InChI is InChI=1S/C34H34N4O4/c1-22(2)28-20-25(13-14-27(28)34(41)42-19-18-37-17-15-35-32(37)23(3)4)36-33(40)31(39)30-29(24-10-6-5-7-11-24)21-26-12-8-9-16-38(26)30/h5-17,20-23H,18-19H2,1-4H3,(H,36,40). The van der Waals surface area contributed by atoms with Gasteiger partial charge in [0, 0.05) is 41.3 Å². The highest BCUT2D eigenvalue weighted by Gasteiger charge is 2.25. The number of anilines is 1. The lowest BCUT2D eigenvalue weighted by Crippen LogP contribution is -2.25. The van der Waals surface area contributed by atoms with Crippen LogP contribution in [0, 0.1) is 0 Å². The molecule has 0 aliphatic carbocycles. The Bertz CT molecular complexity index is 1750. The molecule has 0 saturated carbocycles. The SMILES string of the molecule is CC(C)c1cc(NC(=O)C(=O)c2c(-c3ccccc3)cc3ccccn23)ccc1C(=O)OCCn1ccnc1C(C)C. The molecule has 3 heterocycles. The molecule has 5 aromatic rings. The summed E-state index contributed by atoms with van der Waals surface area (Å²) in [5.41, 5.74) is 4.19. The number of aromatic nitrogens is 3. The molecule has 1 N–H and O–H groups in total. The molecule has 0 bridgehead atoms. The van der Waals surface area contributed by atoms with Crippen molar-refractivity contribution in [1.29, 1.82) is 0 Å². The first-order chi connectivity index (χ1) is 20.2. The molecular formula is C34H34N4O4. The summed E-state index contributed by atoms with van der Waals surface area (Å²) in [6.45, 7) is 8.76. The number of rotatable bonds is 10. The fraction of sp³-hybridized carbons (Fsp3) is 0.235. The third kappa shape index (κ3) is 5.88. The van der Waals surface area contributed by atoms with Crippen LogP contribution >= 0.6 is 0 Å². The Balaban J connectivity index is 1.34. The smallest absolute Gasteiger partial charge is 0.338 e. The molecule has 0 saturated heterocycles. The van der Waals surface area contributed by atoms with Gasteiger partial charge in [0.25, 0.3) is 11.7 Å². The fourth-order valence-corrected chi connectivity index (χ4v) is 5.12. The van der Waals surface area contributed by atoms with Crippen LogP contribution in [0.5, 0.6) is 0 Å². The number of hydrogen-bond acceptors (Lipinski definition) is 5. The number of ether oxygens (including phenoxy) is 1. The van der Waals surface area contributed by atoms with Crippen LogP contribution in [0.2, 0.25) is 0 Å². The van der Waals surface area contributed by atoms with E-state index in [1.807, 2.05) is 79.2 Å². The number of imidazole rings is 1. The molecule has 5 rings (SSSR count). The van der Waals surface area contributed by atoms with E-state index in [2.05, 4.69) is 24.1 Å². The lowest BCUT2D eigenvalue weighted by atomic mass is 9.96. The van der Waals surface area contributed by atoms with E-state index in [1.54, 1.807) is 35.0 Å². The predicted molar refractivity (Wildman–Crippen MR) is 163 cm³/mol. The van der Waals surface area contributed by atoms with Crippen molar-refractivity contribution in [2.75, 3.05) is 11.9 Å². The zero-order valence-electron chi connectivity index (χ0n) is 24.2. The van der Waals surface area contributed by atoms with Crippen molar-refractivity contribution < 1.29 is 19.1 Å². The number of pyridine rings is 1. The van der Waals surface area contributed by atoms with E-state index in [9.17, 15) is 14.4 Å². The number of amides is 1. The summed E-state index contributed by atoms with van der Waals surface area (Å²) < 4.78 is 9.31. The zero-order chi connectivity index (χ0) is 29.8. The maximum Gasteiger partial charge on any atom is 0.338 e. The van der Waals surface area contributed by atoms with Crippen LogP contribution in [0.1, 0.15) is 71.8 Å². The highest BCUT2D eigenvalue weighted by Crippen LogP contribution is 2.29. The van der Waals surface area contributed by atoms with Gasteiger partial charge >= 0.3 is 5.97 Å². The number of Topliss-reactive ketones (excluding diaryl/α,β-unsaturated/α-hetero) is 1. The molecule has 8 nitrogen and oxygen atoms in total. The van der Waals surface area contributed by atoms with Crippen LogP contribution < -0.4 is 5.32 Å². The molecule has 2 aromatic carbocycles. The van der Waals surface area contributed by atoms with Crippen LogP contribution in [0.4, 0.5) is 5.69 Å². The van der Waals surface area contributed by atoms with E-state index in [0.29, 0.717) is 28.9 Å². The Kier molecular flexibility index (Phi) is 8.33. The zero-order valence-corrected chi connectivity index (χ0v) is 24.2. The fourth-order valence-electron chi connectivity index (χ4n) is 5.12. The minimum absolute atomic E-state index is 0.0273. The molecule has 42 heavy (non-hydrogen) atoms. The maximum absolute atomic E-state index is 13.6. The second-order valence-electron chi connectivity index (χ2n) is 10.8. The van der Waals surface area contributed by atoms with E-state index in [1.165, 1.54) is 0 Å². The Morgan fingerprint density at radius 1 is 0.881 bits per heavy atom. The molecule has 1 amide bonds. The van der Waals surface area contributed by atoms with Gasteiger partial charge in [-0.1, -0.05) is 64.1 Å². The Hall–Kier alpha value is -4.98. The van der Waals surface area contributed by atoms with Crippen molar-refractivity contribution in [1.82, 2.24) is 14.0 Å². The molecule has 214 valence electrons. The largest absolute Gasteiger partial charge is 0.460 e. The second kappa shape index (κ2) is 12.3. The van der Waals surface area contributed by atoms with E-state index in [4.69, 9.17) is 4.74 Å². The minimum Gasteiger partial charge on any atom is -0.460 e. The maximum atomic E-state index is 13.6. The van der Waals surface area contributed by atoms with Crippen LogP contribution in [0.25, 0.3) is 16.6 Å². The average molecular weight is 563 g/mol. The monoisotopic (exact) mass is 562 g/mol. The van der Waals surface area contributed by atoms with Gasteiger partial charge in [-0.3, -0.25) is 9.59 Å². The first kappa shape index (κ1) is 28.5. The first-order valence-corrected chi connectivity index (χ1v) is 14.1. The first-order valence-electron chi connectivity index (χ1n) is 14.1. The lowest BCUT2D eigenvalue weighted by molar-refractivity contribution is -0.112. The van der Waals surface area contributed by atoms with E-state index in [-0.39, 0.29) is 24.1 Å². The average Bonchev–Trinajstić information content (AvgIpc) is 3.62. The molecule has 8 heteroatoms.